The van der Waals surface area contributed by atoms with E-state index in [0.717, 1.165) is 19.5 Å². The topological polar surface area (TPSA) is 45.6 Å². The minimum absolute atomic E-state index is 0.204. The van der Waals surface area contributed by atoms with Gasteiger partial charge in [-0.15, -0.1) is 0 Å². The number of aliphatic hydroxyl groups excluding tert-OH is 1. The number of pyridine rings is 1. The Morgan fingerprint density at radius 2 is 2.30 bits per heavy atom. The van der Waals surface area contributed by atoms with Crippen molar-refractivity contribution in [2.45, 2.75) is 44.9 Å². The number of ether oxygens (including phenoxy) is 1. The highest BCUT2D eigenvalue weighted by atomic mass is 16.5. The van der Waals surface area contributed by atoms with Crippen LogP contribution in [-0.2, 0) is 11.3 Å². The van der Waals surface area contributed by atoms with E-state index >= 15 is 0 Å². The van der Waals surface area contributed by atoms with Crippen LogP contribution in [0.25, 0.3) is 0 Å². The SMILES string of the molecule is Cc1cncc(CN2CCC[C@@H]2[C@@H]2COCC[C@H]2O)c1. The van der Waals surface area contributed by atoms with Gasteiger partial charge in [0.1, 0.15) is 0 Å². The molecule has 2 aliphatic heterocycles. The van der Waals surface area contributed by atoms with Gasteiger partial charge in [0.25, 0.3) is 0 Å². The summed E-state index contributed by atoms with van der Waals surface area (Å²) in [4.78, 5) is 6.78. The molecule has 4 heteroatoms. The molecule has 4 nitrogen and oxygen atoms in total. The number of nitrogens with zero attached hydrogens (tertiary/aromatic N) is 2. The highest BCUT2D eigenvalue weighted by Crippen LogP contribution is 2.30. The molecule has 0 aromatic carbocycles. The fourth-order valence-corrected chi connectivity index (χ4v) is 3.59. The van der Waals surface area contributed by atoms with Crippen molar-refractivity contribution in [3.8, 4) is 0 Å². The lowest BCUT2D eigenvalue weighted by molar-refractivity contribution is -0.0636. The molecule has 1 aromatic heterocycles. The number of rotatable bonds is 3. The molecule has 3 atom stereocenters. The van der Waals surface area contributed by atoms with E-state index in [-0.39, 0.29) is 12.0 Å². The smallest absolute Gasteiger partial charge is 0.0627 e. The molecule has 2 aliphatic rings. The molecule has 0 radical (unpaired) electrons. The van der Waals surface area contributed by atoms with Crippen LogP contribution in [0.4, 0.5) is 0 Å². The second kappa shape index (κ2) is 6.20. The van der Waals surface area contributed by atoms with Crippen LogP contribution in [0.1, 0.15) is 30.4 Å². The quantitative estimate of drug-likeness (QED) is 0.913. The van der Waals surface area contributed by atoms with Crippen molar-refractivity contribution in [1.29, 1.82) is 0 Å². The zero-order valence-electron chi connectivity index (χ0n) is 12.2. The van der Waals surface area contributed by atoms with E-state index < -0.39 is 0 Å². The second-order valence-electron chi connectivity index (χ2n) is 6.15. The molecule has 1 aromatic rings. The first-order chi connectivity index (χ1) is 9.74. The van der Waals surface area contributed by atoms with Crippen LogP contribution in [0.2, 0.25) is 0 Å². The summed E-state index contributed by atoms with van der Waals surface area (Å²) in [6.07, 6.45) is 6.81. The van der Waals surface area contributed by atoms with E-state index in [2.05, 4.69) is 22.9 Å². The Kier molecular flexibility index (Phi) is 4.34. The van der Waals surface area contributed by atoms with Crippen molar-refractivity contribution in [1.82, 2.24) is 9.88 Å². The maximum absolute atomic E-state index is 10.2. The van der Waals surface area contributed by atoms with E-state index in [1.807, 2.05) is 12.4 Å². The van der Waals surface area contributed by atoms with Gasteiger partial charge in [-0.05, 0) is 43.9 Å². The molecule has 0 aliphatic carbocycles. The van der Waals surface area contributed by atoms with Crippen molar-refractivity contribution >= 4 is 0 Å². The number of hydrogen-bond donors (Lipinski definition) is 1. The normalized spacial score (nSPS) is 31.6. The van der Waals surface area contributed by atoms with E-state index in [4.69, 9.17) is 4.74 Å². The monoisotopic (exact) mass is 276 g/mol. The summed E-state index contributed by atoms with van der Waals surface area (Å²) in [7, 11) is 0. The fourth-order valence-electron chi connectivity index (χ4n) is 3.59. The Hall–Kier alpha value is -0.970. The third-order valence-corrected chi connectivity index (χ3v) is 4.59. The molecular weight excluding hydrogens is 252 g/mol. The molecular formula is C16H24N2O2. The highest BCUT2D eigenvalue weighted by Gasteiger charge is 2.37. The first-order valence-electron chi connectivity index (χ1n) is 7.64. The van der Waals surface area contributed by atoms with Crippen molar-refractivity contribution in [3.63, 3.8) is 0 Å². The van der Waals surface area contributed by atoms with Gasteiger partial charge in [-0.3, -0.25) is 9.88 Å². The minimum atomic E-state index is -0.204. The average molecular weight is 276 g/mol. The molecule has 110 valence electrons. The summed E-state index contributed by atoms with van der Waals surface area (Å²) < 4.78 is 5.58. The van der Waals surface area contributed by atoms with Crippen LogP contribution in [0.3, 0.4) is 0 Å². The molecule has 20 heavy (non-hydrogen) atoms. The summed E-state index contributed by atoms with van der Waals surface area (Å²) in [6, 6.07) is 2.65. The molecule has 0 unspecified atom stereocenters. The van der Waals surface area contributed by atoms with Crippen LogP contribution in [0.5, 0.6) is 0 Å². The summed E-state index contributed by atoms with van der Waals surface area (Å²) in [6.45, 7) is 5.53. The maximum Gasteiger partial charge on any atom is 0.0627 e. The molecule has 1 N–H and O–H groups in total. The van der Waals surface area contributed by atoms with Crippen molar-refractivity contribution in [2.24, 2.45) is 5.92 Å². The molecule has 2 saturated heterocycles. The average Bonchev–Trinajstić information content (AvgIpc) is 2.87. The molecule has 0 bridgehead atoms. The van der Waals surface area contributed by atoms with Crippen molar-refractivity contribution in [2.75, 3.05) is 19.8 Å². The standard InChI is InChI=1S/C16H24N2O2/c1-12-7-13(9-17-8-12)10-18-5-2-3-15(18)14-11-20-6-4-16(14)19/h7-9,14-16,19H,2-6,10-11H2,1H3/t14-,15+,16+/m0/s1. The number of hydrogen-bond acceptors (Lipinski definition) is 4. The van der Waals surface area contributed by atoms with E-state index in [1.165, 1.54) is 24.0 Å². The molecule has 3 rings (SSSR count). The first kappa shape index (κ1) is 14.0. The second-order valence-corrected chi connectivity index (χ2v) is 6.15. The lowest BCUT2D eigenvalue weighted by atomic mass is 9.89. The molecule has 2 fully saturated rings. The van der Waals surface area contributed by atoms with Crippen LogP contribution < -0.4 is 0 Å². The summed E-state index contributed by atoms with van der Waals surface area (Å²) in [5.41, 5.74) is 2.47. The van der Waals surface area contributed by atoms with Crippen LogP contribution in [-0.4, -0.2) is 46.9 Å². The minimum Gasteiger partial charge on any atom is -0.393 e. The number of aromatic nitrogens is 1. The van der Waals surface area contributed by atoms with Crippen LogP contribution in [0, 0.1) is 12.8 Å². The Labute approximate surface area is 120 Å². The van der Waals surface area contributed by atoms with E-state index in [0.29, 0.717) is 19.3 Å². The van der Waals surface area contributed by atoms with Gasteiger partial charge in [-0.1, -0.05) is 6.07 Å². The highest BCUT2D eigenvalue weighted by molar-refractivity contribution is 5.16. The van der Waals surface area contributed by atoms with Gasteiger partial charge < -0.3 is 9.84 Å². The lowest BCUT2D eigenvalue weighted by Gasteiger charge is -2.37. The predicted octanol–water partition coefficient (Wildman–Crippen LogP) is 1.75. The maximum atomic E-state index is 10.2. The Morgan fingerprint density at radius 1 is 1.40 bits per heavy atom. The molecule has 0 spiro atoms. The van der Waals surface area contributed by atoms with Gasteiger partial charge in [-0.2, -0.15) is 0 Å². The zero-order chi connectivity index (χ0) is 13.9. The van der Waals surface area contributed by atoms with Gasteiger partial charge >= 0.3 is 0 Å². The van der Waals surface area contributed by atoms with Gasteiger partial charge in [-0.25, -0.2) is 0 Å². The van der Waals surface area contributed by atoms with Crippen LogP contribution in [0.15, 0.2) is 18.5 Å². The Bertz CT molecular complexity index is 452. The van der Waals surface area contributed by atoms with Crippen LogP contribution >= 0.6 is 0 Å². The number of aryl methyl sites for hydroxylation is 1. The summed E-state index contributed by atoms with van der Waals surface area (Å²) in [5.74, 6) is 0.268. The third kappa shape index (κ3) is 3.03. The van der Waals surface area contributed by atoms with Crippen molar-refractivity contribution in [3.05, 3.63) is 29.6 Å². The Morgan fingerprint density at radius 3 is 3.10 bits per heavy atom. The largest absolute Gasteiger partial charge is 0.393 e. The zero-order valence-corrected chi connectivity index (χ0v) is 12.2. The molecule has 0 amide bonds. The van der Waals surface area contributed by atoms with Gasteiger partial charge in [0.15, 0.2) is 0 Å². The Balaban J connectivity index is 1.69. The lowest BCUT2D eigenvalue weighted by Crippen LogP contribution is -2.45. The predicted molar refractivity (Wildman–Crippen MR) is 77.3 cm³/mol. The summed E-state index contributed by atoms with van der Waals surface area (Å²) in [5, 5.41) is 10.2. The number of likely N-dealkylation sites (tertiary alicyclic amines) is 1. The number of aliphatic hydroxyl groups is 1. The molecule has 3 heterocycles. The van der Waals surface area contributed by atoms with Gasteiger partial charge in [0.2, 0.25) is 0 Å². The van der Waals surface area contributed by atoms with Gasteiger partial charge in [0.05, 0.1) is 12.7 Å². The molecule has 0 saturated carbocycles. The van der Waals surface area contributed by atoms with E-state index in [9.17, 15) is 5.11 Å². The fraction of sp³-hybridized carbons (Fsp3) is 0.688. The third-order valence-electron chi connectivity index (χ3n) is 4.59. The first-order valence-corrected chi connectivity index (χ1v) is 7.64. The van der Waals surface area contributed by atoms with Crippen molar-refractivity contribution < 1.29 is 9.84 Å². The summed E-state index contributed by atoms with van der Waals surface area (Å²) >= 11 is 0. The van der Waals surface area contributed by atoms with E-state index in [1.54, 1.807) is 0 Å². The van der Waals surface area contributed by atoms with Gasteiger partial charge in [0, 0.05) is 37.5 Å².